The second-order valence-corrected chi connectivity index (χ2v) is 7.36. The lowest BCUT2D eigenvalue weighted by molar-refractivity contribution is -0.121. The maximum atomic E-state index is 12.5. The van der Waals surface area contributed by atoms with E-state index >= 15 is 0 Å². The van der Waals surface area contributed by atoms with E-state index in [1.54, 1.807) is 25.3 Å². The van der Waals surface area contributed by atoms with Crippen molar-refractivity contribution in [3.63, 3.8) is 0 Å². The molecule has 2 aromatic rings. The van der Waals surface area contributed by atoms with Crippen molar-refractivity contribution in [2.45, 2.75) is 19.4 Å². The van der Waals surface area contributed by atoms with Gasteiger partial charge in [0.15, 0.2) is 0 Å². The molecule has 0 bridgehead atoms. The molecule has 0 atom stereocenters. The van der Waals surface area contributed by atoms with Gasteiger partial charge in [0.1, 0.15) is 5.75 Å². The van der Waals surface area contributed by atoms with Gasteiger partial charge >= 0.3 is 0 Å². The molecule has 0 radical (unpaired) electrons. The molecule has 0 spiro atoms. The molecule has 1 N–H and O–H groups in total. The molecule has 0 unspecified atom stereocenters. The maximum absolute atomic E-state index is 12.5. The molecule has 4 nitrogen and oxygen atoms in total. The predicted molar refractivity (Wildman–Crippen MR) is 106 cm³/mol. The van der Waals surface area contributed by atoms with E-state index in [2.05, 4.69) is 16.3 Å². The number of halogens is 2. The molecule has 1 aliphatic rings. The van der Waals surface area contributed by atoms with Crippen molar-refractivity contribution in [2.24, 2.45) is 5.92 Å². The lowest BCUT2D eigenvalue weighted by Gasteiger charge is -2.31. The summed E-state index contributed by atoms with van der Waals surface area (Å²) in [5.41, 5.74) is 1.90. The first-order valence-corrected chi connectivity index (χ1v) is 9.42. The van der Waals surface area contributed by atoms with Gasteiger partial charge in [-0.1, -0.05) is 35.3 Å². The Morgan fingerprint density at radius 1 is 1.19 bits per heavy atom. The van der Waals surface area contributed by atoms with Gasteiger partial charge in [0, 0.05) is 23.2 Å². The number of nitrogens with one attached hydrogen (secondary N) is 1. The Morgan fingerprint density at radius 3 is 2.62 bits per heavy atom. The zero-order valence-electron chi connectivity index (χ0n) is 14.7. The average Bonchev–Trinajstić information content (AvgIpc) is 2.62. The highest BCUT2D eigenvalue weighted by Crippen LogP contribution is 2.28. The zero-order chi connectivity index (χ0) is 18.5. The van der Waals surface area contributed by atoms with Gasteiger partial charge in [0.2, 0.25) is 5.91 Å². The van der Waals surface area contributed by atoms with Gasteiger partial charge in [-0.25, -0.2) is 0 Å². The summed E-state index contributed by atoms with van der Waals surface area (Å²) in [5, 5.41) is 4.21. The molecule has 2 aromatic carbocycles. The van der Waals surface area contributed by atoms with Gasteiger partial charge in [-0.2, -0.15) is 0 Å². The maximum Gasteiger partial charge on any atom is 0.227 e. The molecular weight excluding hydrogens is 371 g/mol. The fraction of sp³-hybridized carbons (Fsp3) is 0.350. The second-order valence-electron chi connectivity index (χ2n) is 6.52. The Kier molecular flexibility index (Phi) is 6.41. The van der Waals surface area contributed by atoms with Gasteiger partial charge in [0.25, 0.3) is 0 Å². The SMILES string of the molecule is COc1ccc(NC(=O)C2CCN(Cc3cccc(Cl)c3)CC2)cc1Cl. The normalized spacial score (nSPS) is 15.7. The summed E-state index contributed by atoms with van der Waals surface area (Å²) in [6, 6.07) is 13.2. The summed E-state index contributed by atoms with van der Waals surface area (Å²) in [5.74, 6) is 0.666. The molecule has 1 amide bonds. The number of hydrogen-bond acceptors (Lipinski definition) is 3. The molecule has 0 saturated carbocycles. The molecule has 1 aliphatic heterocycles. The third-order valence-electron chi connectivity index (χ3n) is 4.67. The largest absolute Gasteiger partial charge is 0.495 e. The van der Waals surface area contributed by atoms with Crippen LogP contribution >= 0.6 is 23.2 Å². The number of likely N-dealkylation sites (tertiary alicyclic amines) is 1. The van der Waals surface area contributed by atoms with Crippen LogP contribution in [0.1, 0.15) is 18.4 Å². The van der Waals surface area contributed by atoms with Crippen molar-refractivity contribution < 1.29 is 9.53 Å². The van der Waals surface area contributed by atoms with Crippen molar-refractivity contribution in [3.05, 3.63) is 58.1 Å². The monoisotopic (exact) mass is 392 g/mol. The van der Waals surface area contributed by atoms with E-state index in [1.807, 2.05) is 18.2 Å². The number of piperidine rings is 1. The van der Waals surface area contributed by atoms with Crippen LogP contribution in [0.2, 0.25) is 10.0 Å². The number of benzene rings is 2. The Hall–Kier alpha value is -1.75. The number of ether oxygens (including phenoxy) is 1. The summed E-state index contributed by atoms with van der Waals surface area (Å²) in [6.07, 6.45) is 1.69. The molecule has 0 aromatic heterocycles. The highest BCUT2D eigenvalue weighted by molar-refractivity contribution is 6.32. The minimum Gasteiger partial charge on any atom is -0.495 e. The molecule has 6 heteroatoms. The van der Waals surface area contributed by atoms with Crippen molar-refractivity contribution in [2.75, 3.05) is 25.5 Å². The van der Waals surface area contributed by atoms with Crippen LogP contribution in [0, 0.1) is 5.92 Å². The van der Waals surface area contributed by atoms with Crippen LogP contribution < -0.4 is 10.1 Å². The van der Waals surface area contributed by atoms with Crippen molar-refractivity contribution in [1.29, 1.82) is 0 Å². The van der Waals surface area contributed by atoms with E-state index in [9.17, 15) is 4.79 Å². The number of hydrogen-bond donors (Lipinski definition) is 1. The molecular formula is C20H22Cl2N2O2. The first kappa shape index (κ1) is 19.0. The summed E-state index contributed by atoms with van der Waals surface area (Å²) in [6.45, 7) is 2.66. The lowest BCUT2D eigenvalue weighted by Crippen LogP contribution is -2.37. The smallest absolute Gasteiger partial charge is 0.227 e. The predicted octanol–water partition coefficient (Wildman–Crippen LogP) is 4.85. The Balaban J connectivity index is 1.51. The quantitative estimate of drug-likeness (QED) is 0.790. The van der Waals surface area contributed by atoms with E-state index < -0.39 is 0 Å². The lowest BCUT2D eigenvalue weighted by atomic mass is 9.95. The van der Waals surface area contributed by atoms with Crippen LogP contribution in [0.5, 0.6) is 5.75 Å². The first-order valence-electron chi connectivity index (χ1n) is 8.66. The van der Waals surface area contributed by atoms with Crippen LogP contribution in [0.4, 0.5) is 5.69 Å². The summed E-state index contributed by atoms with van der Waals surface area (Å²) >= 11 is 12.2. The first-order chi connectivity index (χ1) is 12.5. The standard InChI is InChI=1S/C20H22Cl2N2O2/c1-26-19-6-5-17(12-18(19)22)23-20(25)15-7-9-24(10-8-15)13-14-3-2-4-16(21)11-14/h2-6,11-12,15H,7-10,13H2,1H3,(H,23,25). The molecule has 1 saturated heterocycles. The summed E-state index contributed by atoms with van der Waals surface area (Å²) < 4.78 is 5.13. The molecule has 26 heavy (non-hydrogen) atoms. The Labute approximate surface area is 164 Å². The third kappa shape index (κ3) is 4.91. The summed E-state index contributed by atoms with van der Waals surface area (Å²) in [7, 11) is 1.57. The fourth-order valence-corrected chi connectivity index (χ4v) is 3.71. The van der Waals surface area contributed by atoms with Gasteiger partial charge in [-0.15, -0.1) is 0 Å². The van der Waals surface area contributed by atoms with Crippen LogP contribution in [-0.2, 0) is 11.3 Å². The highest BCUT2D eigenvalue weighted by Gasteiger charge is 2.25. The minimum atomic E-state index is 0.0199. The highest BCUT2D eigenvalue weighted by atomic mass is 35.5. The number of anilines is 1. The van der Waals surface area contributed by atoms with E-state index in [-0.39, 0.29) is 11.8 Å². The average molecular weight is 393 g/mol. The number of carbonyl (C=O) groups is 1. The van der Waals surface area contributed by atoms with Crippen LogP contribution in [-0.4, -0.2) is 31.0 Å². The van der Waals surface area contributed by atoms with E-state index in [0.29, 0.717) is 16.5 Å². The van der Waals surface area contributed by atoms with Crippen LogP contribution in [0.15, 0.2) is 42.5 Å². The molecule has 3 rings (SSSR count). The third-order valence-corrected chi connectivity index (χ3v) is 5.20. The summed E-state index contributed by atoms with van der Waals surface area (Å²) in [4.78, 5) is 14.9. The molecule has 138 valence electrons. The van der Waals surface area contributed by atoms with Crippen LogP contribution in [0.3, 0.4) is 0 Å². The van der Waals surface area contributed by atoms with Gasteiger partial charge < -0.3 is 10.1 Å². The van der Waals surface area contributed by atoms with Gasteiger partial charge in [0.05, 0.1) is 12.1 Å². The van der Waals surface area contributed by atoms with Crippen molar-refractivity contribution in [3.8, 4) is 5.75 Å². The number of amides is 1. The van der Waals surface area contributed by atoms with E-state index in [1.165, 1.54) is 5.56 Å². The second kappa shape index (κ2) is 8.76. The molecule has 1 heterocycles. The Bertz CT molecular complexity index is 774. The Morgan fingerprint density at radius 2 is 1.96 bits per heavy atom. The van der Waals surface area contributed by atoms with Crippen LogP contribution in [0.25, 0.3) is 0 Å². The zero-order valence-corrected chi connectivity index (χ0v) is 16.2. The molecule has 0 aliphatic carbocycles. The number of methoxy groups -OCH3 is 1. The minimum absolute atomic E-state index is 0.0199. The molecule has 1 fully saturated rings. The van der Waals surface area contributed by atoms with Gasteiger partial charge in [-0.3, -0.25) is 9.69 Å². The van der Waals surface area contributed by atoms with E-state index in [0.717, 1.165) is 37.5 Å². The number of rotatable bonds is 5. The number of nitrogens with zero attached hydrogens (tertiary/aromatic N) is 1. The topological polar surface area (TPSA) is 41.6 Å². The fourth-order valence-electron chi connectivity index (χ4n) is 3.24. The number of carbonyl (C=O) groups excluding carboxylic acids is 1. The van der Waals surface area contributed by atoms with Crippen molar-refractivity contribution in [1.82, 2.24) is 4.90 Å². The van der Waals surface area contributed by atoms with Gasteiger partial charge in [-0.05, 0) is 61.8 Å². The van der Waals surface area contributed by atoms with E-state index in [4.69, 9.17) is 27.9 Å². The van der Waals surface area contributed by atoms with Crippen molar-refractivity contribution >= 4 is 34.8 Å².